The third-order valence-electron chi connectivity index (χ3n) is 2.56. The second-order valence-corrected chi connectivity index (χ2v) is 4.66. The van der Waals surface area contributed by atoms with Crippen molar-refractivity contribution in [3.8, 4) is 5.75 Å². The van der Waals surface area contributed by atoms with Gasteiger partial charge < -0.3 is 15.4 Å². The van der Waals surface area contributed by atoms with Gasteiger partial charge in [0.1, 0.15) is 5.75 Å². The number of hydrogen-bond acceptors (Lipinski definition) is 4. The summed E-state index contributed by atoms with van der Waals surface area (Å²) in [6, 6.07) is 9.45. The molecule has 0 spiro atoms. The average Bonchev–Trinajstić information content (AvgIpc) is 2.37. The second-order valence-electron chi connectivity index (χ2n) is 4.25. The minimum Gasteiger partial charge on any atom is -0.495 e. The first kappa shape index (κ1) is 14.2. The zero-order chi connectivity index (χ0) is 14.5. The fourth-order valence-electron chi connectivity index (χ4n) is 1.78. The van der Waals surface area contributed by atoms with Crippen LogP contribution in [0, 0.1) is 13.8 Å². The van der Waals surface area contributed by atoms with Crippen LogP contribution in [0.3, 0.4) is 0 Å². The highest BCUT2D eigenvalue weighted by Crippen LogP contribution is 2.23. The summed E-state index contributed by atoms with van der Waals surface area (Å²) in [5.74, 6) is 1.20. The minimum atomic E-state index is 0.416. The fourth-order valence-corrected chi connectivity index (χ4v) is 1.99. The minimum absolute atomic E-state index is 0.416. The van der Waals surface area contributed by atoms with Crippen LogP contribution in [0.5, 0.6) is 5.75 Å². The third-order valence-corrected chi connectivity index (χ3v) is 2.77. The number of aryl methyl sites for hydroxylation is 2. The molecule has 0 radical (unpaired) electrons. The van der Waals surface area contributed by atoms with Crippen molar-refractivity contribution in [2.24, 2.45) is 0 Å². The lowest BCUT2D eigenvalue weighted by Crippen LogP contribution is -2.21. The highest BCUT2D eigenvalue weighted by Gasteiger charge is 2.06. The van der Waals surface area contributed by atoms with Crippen LogP contribution in [-0.2, 0) is 0 Å². The summed E-state index contributed by atoms with van der Waals surface area (Å²) in [6.07, 6.45) is 0. The largest absolute Gasteiger partial charge is 0.495 e. The van der Waals surface area contributed by atoms with Gasteiger partial charge in [-0.3, -0.25) is 0 Å². The summed E-state index contributed by atoms with van der Waals surface area (Å²) in [5.41, 5.74) is 2.57. The summed E-state index contributed by atoms with van der Waals surface area (Å²) in [7, 11) is 1.62. The number of nitrogens with one attached hydrogen (secondary N) is 2. The Morgan fingerprint density at radius 3 is 2.40 bits per heavy atom. The molecular formula is C14H16N4OS. The molecule has 5 nitrogen and oxygen atoms in total. The molecule has 0 amide bonds. The molecule has 0 saturated heterocycles. The van der Waals surface area contributed by atoms with Crippen LogP contribution in [0.2, 0.25) is 0 Å². The van der Waals surface area contributed by atoms with E-state index in [1.807, 2.05) is 44.2 Å². The molecular weight excluding hydrogens is 272 g/mol. The van der Waals surface area contributed by atoms with Crippen LogP contribution in [0.1, 0.15) is 11.4 Å². The highest BCUT2D eigenvalue weighted by atomic mass is 32.1. The Morgan fingerprint density at radius 2 is 1.75 bits per heavy atom. The van der Waals surface area contributed by atoms with Crippen molar-refractivity contribution < 1.29 is 4.74 Å². The molecule has 2 rings (SSSR count). The molecule has 0 saturated carbocycles. The number of thiocarbonyl (C=S) groups is 1. The molecule has 0 atom stereocenters. The standard InChI is InChI=1S/C14H16N4OS/c1-9-8-10(2)16-13(15-9)18-14(20)17-11-6-4-5-7-12(11)19-3/h4-8H,1-3H3,(H2,15,16,17,18,20). The van der Waals surface area contributed by atoms with Gasteiger partial charge in [0, 0.05) is 11.4 Å². The van der Waals surface area contributed by atoms with Crippen molar-refractivity contribution in [2.45, 2.75) is 13.8 Å². The Kier molecular flexibility index (Phi) is 4.47. The zero-order valence-electron chi connectivity index (χ0n) is 11.6. The Balaban J connectivity index is 2.09. The van der Waals surface area contributed by atoms with E-state index >= 15 is 0 Å². The van der Waals surface area contributed by atoms with Gasteiger partial charge in [-0.25, -0.2) is 9.97 Å². The topological polar surface area (TPSA) is 59.1 Å². The molecule has 1 heterocycles. The van der Waals surface area contributed by atoms with Crippen molar-refractivity contribution >= 4 is 29.0 Å². The zero-order valence-corrected chi connectivity index (χ0v) is 12.4. The van der Waals surface area contributed by atoms with E-state index in [9.17, 15) is 0 Å². The Bertz CT molecular complexity index is 610. The van der Waals surface area contributed by atoms with Gasteiger partial charge in [-0.15, -0.1) is 0 Å². The first-order chi connectivity index (χ1) is 9.58. The van der Waals surface area contributed by atoms with Crippen molar-refractivity contribution in [1.29, 1.82) is 0 Å². The molecule has 104 valence electrons. The van der Waals surface area contributed by atoms with Gasteiger partial charge >= 0.3 is 0 Å². The van der Waals surface area contributed by atoms with Crippen molar-refractivity contribution in [3.05, 3.63) is 41.7 Å². The van der Waals surface area contributed by atoms with E-state index in [-0.39, 0.29) is 0 Å². The first-order valence-corrected chi connectivity index (χ1v) is 6.52. The maximum atomic E-state index is 5.25. The van der Waals surface area contributed by atoms with Crippen molar-refractivity contribution in [2.75, 3.05) is 17.7 Å². The quantitative estimate of drug-likeness (QED) is 0.847. The van der Waals surface area contributed by atoms with Gasteiger partial charge in [0.25, 0.3) is 0 Å². The number of ether oxygens (including phenoxy) is 1. The first-order valence-electron chi connectivity index (χ1n) is 6.12. The van der Waals surface area contributed by atoms with Crippen molar-refractivity contribution in [3.63, 3.8) is 0 Å². The number of benzene rings is 1. The van der Waals surface area contributed by atoms with Crippen molar-refractivity contribution in [1.82, 2.24) is 9.97 Å². The number of anilines is 2. The molecule has 0 aliphatic heterocycles. The van der Waals surface area contributed by atoms with Gasteiger partial charge in [0.2, 0.25) is 5.95 Å². The number of methoxy groups -OCH3 is 1. The lowest BCUT2D eigenvalue weighted by atomic mass is 10.3. The monoisotopic (exact) mass is 288 g/mol. The molecule has 0 unspecified atom stereocenters. The lowest BCUT2D eigenvalue weighted by molar-refractivity contribution is 0.417. The Morgan fingerprint density at radius 1 is 1.10 bits per heavy atom. The molecule has 20 heavy (non-hydrogen) atoms. The van der Waals surface area contributed by atoms with Gasteiger partial charge in [-0.1, -0.05) is 12.1 Å². The van der Waals surface area contributed by atoms with Gasteiger partial charge in [-0.2, -0.15) is 0 Å². The second kappa shape index (κ2) is 6.29. The third kappa shape index (κ3) is 3.64. The van der Waals surface area contributed by atoms with E-state index in [1.165, 1.54) is 0 Å². The smallest absolute Gasteiger partial charge is 0.229 e. The molecule has 0 aliphatic carbocycles. The summed E-state index contributed by atoms with van der Waals surface area (Å²) < 4.78 is 5.25. The van der Waals surface area contributed by atoms with Gasteiger partial charge in [0.15, 0.2) is 5.11 Å². The molecule has 0 fully saturated rings. The fraction of sp³-hybridized carbons (Fsp3) is 0.214. The SMILES string of the molecule is COc1ccccc1NC(=S)Nc1nc(C)cc(C)n1. The molecule has 0 aliphatic rings. The number of rotatable bonds is 3. The van der Waals surface area contributed by atoms with Crippen LogP contribution in [0.25, 0.3) is 0 Å². The summed E-state index contributed by atoms with van der Waals surface area (Å²) in [6.45, 7) is 3.83. The van der Waals surface area contributed by atoms with Crippen LogP contribution in [-0.4, -0.2) is 22.2 Å². The van der Waals surface area contributed by atoms with Crippen LogP contribution >= 0.6 is 12.2 Å². The van der Waals surface area contributed by atoms with E-state index < -0.39 is 0 Å². The molecule has 6 heteroatoms. The Hall–Kier alpha value is -2.21. The number of aromatic nitrogens is 2. The van der Waals surface area contributed by atoms with Gasteiger partial charge in [0.05, 0.1) is 12.8 Å². The average molecular weight is 288 g/mol. The maximum Gasteiger partial charge on any atom is 0.229 e. The summed E-state index contributed by atoms with van der Waals surface area (Å²) >= 11 is 5.25. The molecule has 2 N–H and O–H groups in total. The van der Waals surface area contributed by atoms with Gasteiger partial charge in [-0.05, 0) is 44.3 Å². The van der Waals surface area contributed by atoms with E-state index in [1.54, 1.807) is 7.11 Å². The maximum absolute atomic E-state index is 5.25. The van der Waals surface area contributed by atoms with E-state index in [2.05, 4.69) is 20.6 Å². The molecule has 1 aromatic carbocycles. The van der Waals surface area contributed by atoms with Crippen LogP contribution < -0.4 is 15.4 Å². The lowest BCUT2D eigenvalue weighted by Gasteiger charge is -2.12. The Labute approximate surface area is 123 Å². The normalized spacial score (nSPS) is 9.95. The number of hydrogen-bond donors (Lipinski definition) is 2. The molecule has 2 aromatic rings. The number of nitrogens with zero attached hydrogens (tertiary/aromatic N) is 2. The number of para-hydroxylation sites is 2. The summed E-state index contributed by atoms with van der Waals surface area (Å²) in [5, 5.41) is 6.45. The van der Waals surface area contributed by atoms with E-state index in [0.29, 0.717) is 11.1 Å². The highest BCUT2D eigenvalue weighted by molar-refractivity contribution is 7.80. The molecule has 1 aromatic heterocycles. The van der Waals surface area contributed by atoms with Crippen LogP contribution in [0.4, 0.5) is 11.6 Å². The predicted molar refractivity (Wildman–Crippen MR) is 84.3 cm³/mol. The summed E-state index contributed by atoms with van der Waals surface area (Å²) in [4.78, 5) is 8.55. The van der Waals surface area contributed by atoms with E-state index in [0.717, 1.165) is 22.8 Å². The van der Waals surface area contributed by atoms with E-state index in [4.69, 9.17) is 17.0 Å². The van der Waals surface area contributed by atoms with Crippen LogP contribution in [0.15, 0.2) is 30.3 Å². The molecule has 0 bridgehead atoms. The predicted octanol–water partition coefficient (Wildman–Crippen LogP) is 2.91.